The third kappa shape index (κ3) is 5.95. The largest absolute Gasteiger partial charge is 0.462 e. The molecule has 3 heterocycles. The molecular weight excluding hydrogens is 489 g/mol. The van der Waals surface area contributed by atoms with Gasteiger partial charge in [-0.2, -0.15) is 5.09 Å². The van der Waals surface area contributed by atoms with E-state index in [0.29, 0.717) is 11.2 Å². The number of aromatic nitrogens is 2. The fraction of sp³-hybridized carbons (Fsp3) is 0.417. The number of para-hydroxylation sites is 1. The van der Waals surface area contributed by atoms with Crippen molar-refractivity contribution in [2.45, 2.75) is 57.3 Å². The number of carbonyl (C=O) groups is 1. The molecule has 1 aliphatic heterocycles. The highest BCUT2D eigenvalue weighted by atomic mass is 31.2. The van der Waals surface area contributed by atoms with Crippen LogP contribution in [0, 0.1) is 0 Å². The molecule has 0 aliphatic carbocycles. The maximum absolute atomic E-state index is 13.6. The molecule has 0 bridgehead atoms. The lowest BCUT2D eigenvalue weighted by molar-refractivity contribution is -0.149. The highest BCUT2D eigenvalue weighted by Gasteiger charge is 2.45. The van der Waals surface area contributed by atoms with Gasteiger partial charge >= 0.3 is 13.7 Å². The van der Waals surface area contributed by atoms with E-state index in [1.54, 1.807) is 68.7 Å². The van der Waals surface area contributed by atoms with Gasteiger partial charge in [-0.3, -0.25) is 9.32 Å². The van der Waals surface area contributed by atoms with Crippen molar-refractivity contribution < 1.29 is 38.1 Å². The van der Waals surface area contributed by atoms with Crippen LogP contribution in [0.2, 0.25) is 0 Å². The molecule has 1 fully saturated rings. The van der Waals surface area contributed by atoms with Gasteiger partial charge in [-0.25, -0.2) is 9.55 Å². The third-order valence-electron chi connectivity index (χ3n) is 5.60. The lowest BCUT2D eigenvalue weighted by Gasteiger charge is -2.25. The van der Waals surface area contributed by atoms with Crippen LogP contribution >= 0.6 is 7.75 Å². The summed E-state index contributed by atoms with van der Waals surface area (Å²) >= 11 is 0. The normalized spacial score (nSPS) is 24.5. The van der Waals surface area contributed by atoms with Crippen LogP contribution in [0.1, 0.15) is 32.4 Å². The fourth-order valence-electron chi connectivity index (χ4n) is 3.88. The number of nitrogens with zero attached hydrogens (tertiary/aromatic N) is 1. The Balaban J connectivity index is 1.49. The summed E-state index contributed by atoms with van der Waals surface area (Å²) < 4.78 is 36.0. The van der Waals surface area contributed by atoms with Crippen molar-refractivity contribution in [3.8, 4) is 5.75 Å². The summed E-state index contributed by atoms with van der Waals surface area (Å²) in [5.41, 5.74) is 1.26. The lowest BCUT2D eigenvalue weighted by Crippen LogP contribution is -2.38. The second kappa shape index (κ2) is 11.1. The highest BCUT2D eigenvalue weighted by molar-refractivity contribution is 7.52. The molecule has 0 amide bonds. The number of pyridine rings is 1. The predicted molar refractivity (Wildman–Crippen MR) is 130 cm³/mol. The Labute approximate surface area is 208 Å². The summed E-state index contributed by atoms with van der Waals surface area (Å²) in [6.45, 7) is 4.48. The van der Waals surface area contributed by atoms with Crippen LogP contribution < -0.4 is 9.61 Å². The quantitative estimate of drug-likeness (QED) is 0.232. The van der Waals surface area contributed by atoms with E-state index in [2.05, 4.69) is 15.1 Å². The van der Waals surface area contributed by atoms with Gasteiger partial charge in [0.2, 0.25) is 0 Å². The number of fused-ring (bicyclic) bond motifs is 1. The Morgan fingerprint density at radius 2 is 1.92 bits per heavy atom. The zero-order valence-electron chi connectivity index (χ0n) is 20.1. The number of benzene rings is 1. The number of hydrogen-bond acceptors (Lipinski definition) is 9. The van der Waals surface area contributed by atoms with Crippen LogP contribution in [0.15, 0.2) is 54.9 Å². The second-order valence-corrected chi connectivity index (χ2v) is 10.4. The van der Waals surface area contributed by atoms with Crippen molar-refractivity contribution in [3.05, 3.63) is 60.4 Å². The Morgan fingerprint density at radius 3 is 2.64 bits per heavy atom. The van der Waals surface area contributed by atoms with Gasteiger partial charge < -0.3 is 29.2 Å². The van der Waals surface area contributed by atoms with Crippen LogP contribution in [0.25, 0.3) is 11.0 Å². The molecule has 0 saturated carbocycles. The zero-order chi connectivity index (χ0) is 25.9. The van der Waals surface area contributed by atoms with Crippen LogP contribution in [-0.2, 0) is 23.4 Å². The number of H-pyrrole nitrogens is 1. The van der Waals surface area contributed by atoms with Gasteiger partial charge in [0.15, 0.2) is 0 Å². The predicted octanol–water partition coefficient (Wildman–Crippen LogP) is 2.86. The minimum atomic E-state index is -4.15. The molecule has 0 radical (unpaired) electrons. The van der Waals surface area contributed by atoms with Crippen molar-refractivity contribution in [2.24, 2.45) is 0 Å². The van der Waals surface area contributed by atoms with E-state index in [0.717, 1.165) is 5.39 Å². The van der Waals surface area contributed by atoms with E-state index >= 15 is 0 Å². The fourth-order valence-corrected chi connectivity index (χ4v) is 5.38. The smallest absolute Gasteiger partial charge is 0.459 e. The number of esters is 1. The molecule has 4 rings (SSSR count). The number of aliphatic hydroxyl groups is 2. The highest BCUT2D eigenvalue weighted by Crippen LogP contribution is 2.46. The number of ether oxygens (including phenoxy) is 2. The molecule has 36 heavy (non-hydrogen) atoms. The van der Waals surface area contributed by atoms with E-state index in [-0.39, 0.29) is 18.5 Å². The Morgan fingerprint density at radius 1 is 1.17 bits per heavy atom. The number of nitrogens with one attached hydrogen (secondary N) is 2. The van der Waals surface area contributed by atoms with E-state index in [1.807, 2.05) is 0 Å². The second-order valence-electron chi connectivity index (χ2n) is 8.75. The molecule has 1 aromatic carbocycles. The summed E-state index contributed by atoms with van der Waals surface area (Å²) in [5, 5.41) is 24.7. The van der Waals surface area contributed by atoms with Gasteiger partial charge in [0.25, 0.3) is 0 Å². The van der Waals surface area contributed by atoms with Crippen LogP contribution in [0.3, 0.4) is 0 Å². The first-order valence-electron chi connectivity index (χ1n) is 11.6. The minimum absolute atomic E-state index is 0.246. The Bertz CT molecular complexity index is 1220. The number of aliphatic hydroxyl groups excluding tert-OH is 2. The topological polar surface area (TPSA) is 152 Å². The summed E-state index contributed by atoms with van der Waals surface area (Å²) in [7, 11) is -4.15. The SMILES string of the molecule is CC(C)OC(=O)[C@H](C)NP(=O)(OCC1OC(c2ccnc3[nH]ccc23)[C@H](O)[C@@H]1O)Oc1ccccc1. The average molecular weight is 519 g/mol. The van der Waals surface area contributed by atoms with Crippen molar-refractivity contribution in [1.29, 1.82) is 0 Å². The molecule has 2 aromatic heterocycles. The molecule has 3 aromatic rings. The van der Waals surface area contributed by atoms with Gasteiger partial charge in [-0.15, -0.1) is 0 Å². The third-order valence-corrected chi connectivity index (χ3v) is 7.24. The van der Waals surface area contributed by atoms with E-state index < -0.39 is 44.2 Å². The molecular formula is C24H30N3O8P. The molecule has 1 aliphatic rings. The first-order chi connectivity index (χ1) is 17.2. The molecule has 4 N–H and O–H groups in total. The minimum Gasteiger partial charge on any atom is -0.462 e. The van der Waals surface area contributed by atoms with Gasteiger partial charge in [0.05, 0.1) is 12.7 Å². The number of hydrogen-bond donors (Lipinski definition) is 4. The van der Waals surface area contributed by atoms with E-state index in [1.165, 1.54) is 6.92 Å². The molecule has 6 atom stereocenters. The maximum atomic E-state index is 13.6. The first kappa shape index (κ1) is 26.3. The average Bonchev–Trinajstić information content (AvgIpc) is 3.43. The van der Waals surface area contributed by atoms with Crippen LogP contribution in [0.4, 0.5) is 0 Å². The summed E-state index contributed by atoms with van der Waals surface area (Å²) in [6.07, 6.45) is -1.56. The van der Waals surface area contributed by atoms with E-state index in [9.17, 15) is 19.6 Å². The van der Waals surface area contributed by atoms with Crippen molar-refractivity contribution >= 4 is 24.7 Å². The number of rotatable bonds is 10. The summed E-state index contributed by atoms with van der Waals surface area (Å²) in [6, 6.07) is 10.8. The van der Waals surface area contributed by atoms with Gasteiger partial charge in [0, 0.05) is 17.8 Å². The van der Waals surface area contributed by atoms with Gasteiger partial charge in [-0.1, -0.05) is 18.2 Å². The van der Waals surface area contributed by atoms with Crippen LogP contribution in [0.5, 0.6) is 5.75 Å². The van der Waals surface area contributed by atoms with Crippen molar-refractivity contribution in [1.82, 2.24) is 15.1 Å². The van der Waals surface area contributed by atoms with Gasteiger partial charge in [-0.05, 0) is 50.6 Å². The standard InChI is InChI=1S/C24H30N3O8P/c1-14(2)33-24(30)15(3)27-36(31,35-16-7-5-4-6-8-16)32-13-19-20(28)21(29)22(34-19)17-9-11-25-23-18(17)10-12-26-23/h4-12,14-15,19-22,28-29H,13H2,1-3H3,(H,25,26)(H,27,31)/t15-,19?,20+,21+,22?,36?/m0/s1. The molecule has 12 heteroatoms. The summed E-state index contributed by atoms with van der Waals surface area (Å²) in [5.74, 6) is -0.387. The number of aromatic amines is 1. The molecule has 11 nitrogen and oxygen atoms in total. The maximum Gasteiger partial charge on any atom is 0.459 e. The molecule has 0 spiro atoms. The lowest BCUT2D eigenvalue weighted by atomic mass is 10.0. The Hall–Kier alpha value is -2.79. The van der Waals surface area contributed by atoms with Crippen molar-refractivity contribution in [3.63, 3.8) is 0 Å². The first-order valence-corrected chi connectivity index (χ1v) is 13.1. The monoisotopic (exact) mass is 519 g/mol. The Kier molecular flexibility index (Phi) is 8.09. The summed E-state index contributed by atoms with van der Waals surface area (Å²) in [4.78, 5) is 19.5. The molecule has 3 unspecified atom stereocenters. The molecule has 1 saturated heterocycles. The number of carbonyl (C=O) groups excluding carboxylic acids is 1. The van der Waals surface area contributed by atoms with Crippen LogP contribution in [-0.4, -0.2) is 63.2 Å². The zero-order valence-corrected chi connectivity index (χ0v) is 21.0. The van der Waals surface area contributed by atoms with E-state index in [4.69, 9.17) is 18.5 Å². The van der Waals surface area contributed by atoms with Gasteiger partial charge in [0.1, 0.15) is 41.9 Å². The van der Waals surface area contributed by atoms with Crippen molar-refractivity contribution in [2.75, 3.05) is 6.61 Å². The molecule has 194 valence electrons.